The zero-order valence-electron chi connectivity index (χ0n) is 19.4. The summed E-state index contributed by atoms with van der Waals surface area (Å²) in [6, 6.07) is 1.20. The van der Waals surface area contributed by atoms with Crippen LogP contribution in [0.3, 0.4) is 0 Å². The predicted octanol–water partition coefficient (Wildman–Crippen LogP) is 2.11. The lowest BCUT2D eigenvalue weighted by Crippen LogP contribution is -2.51. The van der Waals surface area contributed by atoms with Gasteiger partial charge in [-0.1, -0.05) is 25.7 Å². The van der Waals surface area contributed by atoms with Crippen molar-refractivity contribution >= 4 is 11.9 Å². The molecule has 1 aromatic rings. The summed E-state index contributed by atoms with van der Waals surface area (Å²) in [6.45, 7) is 7.00. The second kappa shape index (κ2) is 10.7. The molecule has 8 heteroatoms. The van der Waals surface area contributed by atoms with E-state index < -0.39 is 0 Å². The topological polar surface area (TPSA) is 95.0 Å². The third-order valence-corrected chi connectivity index (χ3v) is 5.85. The van der Waals surface area contributed by atoms with Gasteiger partial charge in [0.1, 0.15) is 11.7 Å². The van der Waals surface area contributed by atoms with Gasteiger partial charge in [-0.2, -0.15) is 0 Å². The van der Waals surface area contributed by atoms with E-state index in [2.05, 4.69) is 22.1 Å². The van der Waals surface area contributed by atoms with Crippen molar-refractivity contribution in [1.29, 1.82) is 0 Å². The van der Waals surface area contributed by atoms with Crippen molar-refractivity contribution in [2.24, 2.45) is 11.8 Å². The Balaban J connectivity index is 1.89. The van der Waals surface area contributed by atoms with Crippen LogP contribution >= 0.6 is 0 Å². The van der Waals surface area contributed by atoms with Crippen LogP contribution < -0.4 is 10.1 Å². The van der Waals surface area contributed by atoms with E-state index in [0.717, 1.165) is 19.3 Å². The van der Waals surface area contributed by atoms with Crippen molar-refractivity contribution in [2.45, 2.75) is 52.2 Å². The Morgan fingerprint density at radius 1 is 1.47 bits per heavy atom. The van der Waals surface area contributed by atoms with Crippen LogP contribution in [-0.2, 0) is 0 Å². The van der Waals surface area contributed by atoms with Crippen LogP contribution in [-0.4, -0.2) is 77.3 Å². The number of pyridine rings is 1. The minimum absolute atomic E-state index is 0.0846. The Kier molecular flexibility index (Phi) is 7.97. The Morgan fingerprint density at radius 3 is 2.88 bits per heavy atom. The van der Waals surface area contributed by atoms with Gasteiger partial charge in [0.25, 0.3) is 5.91 Å². The molecule has 32 heavy (non-hydrogen) atoms. The van der Waals surface area contributed by atoms with E-state index in [1.54, 1.807) is 29.1 Å². The SMILES string of the molecule is CCCNC(=O)N(C)C[C@@H]1Oc2ncc(C#CC3CC3)cc2C(=O)N([C@H](C)CO)C[C@@H]1C. The number of rotatable bonds is 6. The fraction of sp³-hybridized carbons (Fsp3) is 0.625. The third-order valence-electron chi connectivity index (χ3n) is 5.85. The van der Waals surface area contributed by atoms with Crippen LogP contribution in [0.25, 0.3) is 0 Å². The average Bonchev–Trinajstić information content (AvgIpc) is 3.62. The number of urea groups is 1. The molecule has 3 amide bonds. The number of amides is 3. The maximum atomic E-state index is 13.4. The summed E-state index contributed by atoms with van der Waals surface area (Å²) >= 11 is 0. The van der Waals surface area contributed by atoms with E-state index in [-0.39, 0.29) is 42.5 Å². The first-order chi connectivity index (χ1) is 15.3. The molecule has 2 heterocycles. The number of carbonyl (C=O) groups is 2. The number of aliphatic hydroxyl groups excluding tert-OH is 1. The molecule has 3 rings (SSSR count). The quantitative estimate of drug-likeness (QED) is 0.658. The molecule has 0 spiro atoms. The van der Waals surface area contributed by atoms with E-state index in [0.29, 0.717) is 36.7 Å². The number of hydrogen-bond donors (Lipinski definition) is 2. The van der Waals surface area contributed by atoms with Gasteiger partial charge >= 0.3 is 6.03 Å². The fourth-order valence-corrected chi connectivity index (χ4v) is 3.52. The molecular formula is C24H34N4O4. The summed E-state index contributed by atoms with van der Waals surface area (Å²) in [5, 5.41) is 12.6. The lowest BCUT2D eigenvalue weighted by atomic mass is 10.00. The molecule has 1 saturated carbocycles. The summed E-state index contributed by atoms with van der Waals surface area (Å²) in [6.07, 6.45) is 4.35. The van der Waals surface area contributed by atoms with Crippen LogP contribution in [0.1, 0.15) is 56.0 Å². The third kappa shape index (κ3) is 5.92. The zero-order valence-corrected chi connectivity index (χ0v) is 19.4. The van der Waals surface area contributed by atoms with Crippen LogP contribution in [0.2, 0.25) is 0 Å². The normalized spacial score (nSPS) is 21.3. The molecule has 0 radical (unpaired) electrons. The van der Waals surface area contributed by atoms with Gasteiger partial charge in [-0.15, -0.1) is 0 Å². The maximum absolute atomic E-state index is 13.4. The first-order valence-electron chi connectivity index (χ1n) is 11.4. The Morgan fingerprint density at radius 2 is 2.22 bits per heavy atom. The monoisotopic (exact) mass is 442 g/mol. The summed E-state index contributed by atoms with van der Waals surface area (Å²) in [5.41, 5.74) is 1.01. The molecule has 0 saturated heterocycles. The number of aromatic nitrogens is 1. The van der Waals surface area contributed by atoms with Crippen molar-refractivity contribution in [3.05, 3.63) is 23.4 Å². The number of ether oxygens (including phenoxy) is 1. The molecule has 2 aliphatic rings. The van der Waals surface area contributed by atoms with E-state index in [4.69, 9.17) is 4.74 Å². The highest BCUT2D eigenvalue weighted by atomic mass is 16.5. The van der Waals surface area contributed by atoms with E-state index >= 15 is 0 Å². The lowest BCUT2D eigenvalue weighted by molar-refractivity contribution is 0.0352. The molecule has 0 bridgehead atoms. The number of nitrogens with zero attached hydrogens (tertiary/aromatic N) is 3. The number of aliphatic hydroxyl groups is 1. The Hall–Kier alpha value is -2.79. The average molecular weight is 443 g/mol. The molecule has 2 N–H and O–H groups in total. The highest BCUT2D eigenvalue weighted by Crippen LogP contribution is 2.29. The second-order valence-corrected chi connectivity index (χ2v) is 8.86. The standard InChI is InChI=1S/C24H34N4O4/c1-5-10-25-24(31)27(4)14-21-16(2)13-28(17(3)15-29)23(30)20-11-19(9-8-18-6-7-18)12-26-22(20)32-21/h11-12,16-18,21,29H,5-7,10,13-15H2,1-4H3,(H,25,31)/t16-,17+,21-/m0/s1. The number of hydrogen-bond acceptors (Lipinski definition) is 5. The second-order valence-electron chi connectivity index (χ2n) is 8.86. The molecule has 1 aliphatic carbocycles. The summed E-state index contributed by atoms with van der Waals surface area (Å²) < 4.78 is 6.21. The fourth-order valence-electron chi connectivity index (χ4n) is 3.52. The van der Waals surface area contributed by atoms with Gasteiger partial charge in [-0.3, -0.25) is 4.79 Å². The number of fused-ring (bicyclic) bond motifs is 1. The number of nitrogens with one attached hydrogen (secondary N) is 1. The highest BCUT2D eigenvalue weighted by molar-refractivity contribution is 5.97. The predicted molar refractivity (Wildman–Crippen MR) is 121 cm³/mol. The summed E-state index contributed by atoms with van der Waals surface area (Å²) in [4.78, 5) is 33.4. The molecule has 8 nitrogen and oxygen atoms in total. The Labute approximate surface area is 190 Å². The highest BCUT2D eigenvalue weighted by Gasteiger charge is 2.34. The van der Waals surface area contributed by atoms with Crippen molar-refractivity contribution < 1.29 is 19.4 Å². The van der Waals surface area contributed by atoms with Crippen molar-refractivity contribution in [3.8, 4) is 17.7 Å². The van der Waals surface area contributed by atoms with Crippen molar-refractivity contribution in [2.75, 3.05) is 33.3 Å². The van der Waals surface area contributed by atoms with Crippen LogP contribution in [0.15, 0.2) is 12.3 Å². The van der Waals surface area contributed by atoms with Crippen LogP contribution in [0, 0.1) is 23.7 Å². The molecular weight excluding hydrogens is 408 g/mol. The lowest BCUT2D eigenvalue weighted by Gasteiger charge is -2.37. The van der Waals surface area contributed by atoms with Gasteiger partial charge in [-0.05, 0) is 32.3 Å². The smallest absolute Gasteiger partial charge is 0.317 e. The minimum Gasteiger partial charge on any atom is -0.472 e. The van der Waals surface area contributed by atoms with Crippen LogP contribution in [0.4, 0.5) is 4.79 Å². The molecule has 1 aliphatic heterocycles. The largest absolute Gasteiger partial charge is 0.472 e. The van der Waals surface area contributed by atoms with Gasteiger partial charge < -0.3 is 25.0 Å². The van der Waals surface area contributed by atoms with Gasteiger partial charge in [0.05, 0.1) is 19.2 Å². The molecule has 1 fully saturated rings. The van der Waals surface area contributed by atoms with Crippen molar-refractivity contribution in [1.82, 2.24) is 20.1 Å². The first-order valence-corrected chi connectivity index (χ1v) is 11.4. The van der Waals surface area contributed by atoms with E-state index in [9.17, 15) is 14.7 Å². The van der Waals surface area contributed by atoms with Crippen LogP contribution in [0.5, 0.6) is 5.88 Å². The van der Waals surface area contributed by atoms with Gasteiger partial charge in [-0.25, -0.2) is 9.78 Å². The van der Waals surface area contributed by atoms with Gasteiger partial charge in [0, 0.05) is 43.7 Å². The molecule has 0 unspecified atom stereocenters. The summed E-state index contributed by atoms with van der Waals surface area (Å²) in [5.74, 6) is 6.66. The number of carbonyl (C=O) groups excluding carboxylic acids is 2. The van der Waals surface area contributed by atoms with Gasteiger partial charge in [0.2, 0.25) is 5.88 Å². The molecule has 1 aromatic heterocycles. The van der Waals surface area contributed by atoms with E-state index in [1.807, 2.05) is 20.8 Å². The zero-order chi connectivity index (χ0) is 23.3. The first kappa shape index (κ1) is 23.9. The molecule has 174 valence electrons. The van der Waals surface area contributed by atoms with Crippen molar-refractivity contribution in [3.63, 3.8) is 0 Å². The molecule has 3 atom stereocenters. The number of likely N-dealkylation sites (N-methyl/N-ethyl adjacent to an activating group) is 1. The summed E-state index contributed by atoms with van der Waals surface area (Å²) in [7, 11) is 1.73. The van der Waals surface area contributed by atoms with E-state index in [1.165, 1.54) is 0 Å². The minimum atomic E-state index is -0.372. The Bertz CT molecular complexity index is 890. The van der Waals surface area contributed by atoms with Gasteiger partial charge in [0.15, 0.2) is 0 Å². The molecule has 0 aromatic carbocycles. The maximum Gasteiger partial charge on any atom is 0.317 e.